The lowest BCUT2D eigenvalue weighted by Gasteiger charge is -2.36. The molecule has 0 aliphatic heterocycles. The van der Waals surface area contributed by atoms with Gasteiger partial charge in [0.05, 0.1) is 18.6 Å². The van der Waals surface area contributed by atoms with E-state index in [2.05, 4.69) is 30.4 Å². The van der Waals surface area contributed by atoms with E-state index in [1.54, 1.807) is 25.1 Å². The van der Waals surface area contributed by atoms with Crippen molar-refractivity contribution in [2.24, 2.45) is 0 Å². The average molecular weight is 410 g/mol. The molecule has 0 unspecified atom stereocenters. The van der Waals surface area contributed by atoms with Crippen LogP contribution in [-0.4, -0.2) is 25.1 Å². The quantitative estimate of drug-likeness (QED) is 0.621. The summed E-state index contributed by atoms with van der Waals surface area (Å²) in [4.78, 5) is 25.9. The van der Waals surface area contributed by atoms with E-state index in [0.29, 0.717) is 23.6 Å². The predicted molar refractivity (Wildman–Crippen MR) is 118 cm³/mol. The van der Waals surface area contributed by atoms with E-state index >= 15 is 0 Å². The summed E-state index contributed by atoms with van der Waals surface area (Å²) in [5, 5.41) is 3.07. The van der Waals surface area contributed by atoms with Crippen LogP contribution in [0.2, 0.25) is 0 Å². The summed E-state index contributed by atoms with van der Waals surface area (Å²) in [6.45, 7) is 6.39. The zero-order valence-corrected chi connectivity index (χ0v) is 18.1. The van der Waals surface area contributed by atoms with Crippen LogP contribution < -0.4 is 10.1 Å². The summed E-state index contributed by atoms with van der Waals surface area (Å²) in [7, 11) is 0. The van der Waals surface area contributed by atoms with Gasteiger partial charge in [-0.3, -0.25) is 4.79 Å². The van der Waals surface area contributed by atoms with E-state index in [4.69, 9.17) is 9.47 Å². The summed E-state index contributed by atoms with van der Waals surface area (Å²) in [6, 6.07) is 13.4. The third-order valence-corrected chi connectivity index (χ3v) is 5.75. The summed E-state index contributed by atoms with van der Waals surface area (Å²) in [6.07, 6.45) is 4.85. The van der Waals surface area contributed by atoms with Crippen molar-refractivity contribution < 1.29 is 19.1 Å². The number of amides is 1. The number of carbonyl (C=O) groups excluding carboxylic acids is 2. The lowest BCUT2D eigenvalue weighted by atomic mass is 9.68. The van der Waals surface area contributed by atoms with E-state index < -0.39 is 11.4 Å². The van der Waals surface area contributed by atoms with Gasteiger partial charge in [-0.1, -0.05) is 49.1 Å². The zero-order chi connectivity index (χ0) is 21.6. The van der Waals surface area contributed by atoms with Crippen molar-refractivity contribution in [1.82, 2.24) is 0 Å². The molecule has 0 atom stereocenters. The number of aryl methyl sites for hydroxylation is 1. The Morgan fingerprint density at radius 2 is 1.77 bits per heavy atom. The van der Waals surface area contributed by atoms with Crippen molar-refractivity contribution in [1.29, 1.82) is 0 Å². The Balaban J connectivity index is 1.92. The fraction of sp³-hybridized carbons (Fsp3) is 0.440. The average Bonchev–Trinajstić information content (AvgIpc) is 2.75. The van der Waals surface area contributed by atoms with E-state index in [9.17, 15) is 9.59 Å². The van der Waals surface area contributed by atoms with Crippen molar-refractivity contribution in [2.75, 3.05) is 18.5 Å². The fourth-order valence-electron chi connectivity index (χ4n) is 4.25. The third kappa shape index (κ3) is 4.66. The topological polar surface area (TPSA) is 64.6 Å². The summed E-state index contributed by atoms with van der Waals surface area (Å²) < 4.78 is 10.7. The number of carbonyl (C=O) groups is 2. The Morgan fingerprint density at radius 1 is 1.00 bits per heavy atom. The molecule has 0 radical (unpaired) electrons. The molecule has 2 aromatic rings. The molecule has 5 heteroatoms. The first-order chi connectivity index (χ1) is 14.5. The van der Waals surface area contributed by atoms with Gasteiger partial charge >= 0.3 is 5.97 Å². The molecule has 30 heavy (non-hydrogen) atoms. The first-order valence-corrected chi connectivity index (χ1v) is 10.8. The van der Waals surface area contributed by atoms with Gasteiger partial charge in [-0.25, -0.2) is 4.79 Å². The standard InChI is InChI=1S/C25H31NO4/c1-4-29-22-13-12-20(17-21(22)23(27)30-5-2)26-24(28)25(14-7-6-8-15-25)19-11-9-10-18(3)16-19/h9-13,16-17H,4-8,14-15H2,1-3H3,(H,26,28). The SMILES string of the molecule is CCOC(=O)c1cc(NC(=O)C2(c3cccc(C)c3)CCCCC2)ccc1OCC. The molecule has 1 fully saturated rings. The number of hydrogen-bond donors (Lipinski definition) is 1. The minimum atomic E-state index is -0.549. The van der Waals surface area contributed by atoms with Crippen molar-refractivity contribution in [3.05, 3.63) is 59.2 Å². The first kappa shape index (κ1) is 21.9. The highest BCUT2D eigenvalue weighted by atomic mass is 16.5. The van der Waals surface area contributed by atoms with Crippen LogP contribution in [0.1, 0.15) is 67.4 Å². The Kier molecular flexibility index (Phi) is 7.14. The van der Waals surface area contributed by atoms with E-state index in [0.717, 1.165) is 43.2 Å². The minimum absolute atomic E-state index is 0.0215. The maximum Gasteiger partial charge on any atom is 0.341 e. The number of esters is 1. The molecule has 2 aromatic carbocycles. The zero-order valence-electron chi connectivity index (χ0n) is 18.1. The summed E-state index contributed by atoms with van der Waals surface area (Å²) >= 11 is 0. The Labute approximate surface area is 178 Å². The first-order valence-electron chi connectivity index (χ1n) is 10.8. The molecule has 1 amide bonds. The van der Waals surface area contributed by atoms with Gasteiger partial charge in [0.25, 0.3) is 0 Å². The fourth-order valence-corrected chi connectivity index (χ4v) is 4.25. The Bertz CT molecular complexity index is 900. The van der Waals surface area contributed by atoms with Crippen molar-refractivity contribution >= 4 is 17.6 Å². The smallest absolute Gasteiger partial charge is 0.341 e. The molecule has 1 N–H and O–H groups in total. The van der Waals surface area contributed by atoms with Crippen LogP contribution in [0.15, 0.2) is 42.5 Å². The van der Waals surface area contributed by atoms with Crippen LogP contribution in [0.25, 0.3) is 0 Å². The lowest BCUT2D eigenvalue weighted by molar-refractivity contribution is -0.122. The summed E-state index contributed by atoms with van der Waals surface area (Å²) in [5.74, 6) is -0.0186. The number of anilines is 1. The second-order valence-corrected chi connectivity index (χ2v) is 7.83. The van der Waals surface area contributed by atoms with Crippen molar-refractivity contribution in [3.8, 4) is 5.75 Å². The van der Waals surface area contributed by atoms with Crippen LogP contribution in [0, 0.1) is 6.92 Å². The molecule has 3 rings (SSSR count). The molecule has 160 valence electrons. The molecule has 1 aliphatic rings. The van der Waals surface area contributed by atoms with Crippen LogP contribution in [0.3, 0.4) is 0 Å². The largest absolute Gasteiger partial charge is 0.493 e. The lowest BCUT2D eigenvalue weighted by Crippen LogP contribution is -2.42. The highest BCUT2D eigenvalue weighted by Gasteiger charge is 2.41. The van der Waals surface area contributed by atoms with Crippen LogP contribution >= 0.6 is 0 Å². The van der Waals surface area contributed by atoms with Gasteiger partial charge in [-0.15, -0.1) is 0 Å². The molecule has 5 nitrogen and oxygen atoms in total. The molecular formula is C25H31NO4. The molecule has 1 saturated carbocycles. The molecule has 1 aliphatic carbocycles. The Morgan fingerprint density at radius 3 is 2.43 bits per heavy atom. The number of hydrogen-bond acceptors (Lipinski definition) is 4. The molecule has 0 saturated heterocycles. The number of nitrogens with one attached hydrogen (secondary N) is 1. The predicted octanol–water partition coefficient (Wildman–Crippen LogP) is 5.41. The maximum absolute atomic E-state index is 13.6. The van der Waals surface area contributed by atoms with E-state index in [1.807, 2.05) is 13.0 Å². The van der Waals surface area contributed by atoms with Gasteiger partial charge in [-0.2, -0.15) is 0 Å². The number of rotatable bonds is 7. The van der Waals surface area contributed by atoms with Gasteiger partial charge in [0, 0.05) is 5.69 Å². The van der Waals surface area contributed by atoms with E-state index in [-0.39, 0.29) is 12.5 Å². The minimum Gasteiger partial charge on any atom is -0.493 e. The normalized spacial score (nSPS) is 15.3. The second kappa shape index (κ2) is 9.79. The van der Waals surface area contributed by atoms with Gasteiger partial charge in [-0.05, 0) is 57.4 Å². The van der Waals surface area contributed by atoms with E-state index in [1.165, 1.54) is 0 Å². The molecule has 0 spiro atoms. The molecular weight excluding hydrogens is 378 g/mol. The maximum atomic E-state index is 13.6. The highest BCUT2D eigenvalue weighted by molar-refractivity contribution is 6.01. The van der Waals surface area contributed by atoms with Gasteiger partial charge in [0.15, 0.2) is 0 Å². The second-order valence-electron chi connectivity index (χ2n) is 7.83. The van der Waals surface area contributed by atoms with Crippen molar-refractivity contribution in [3.63, 3.8) is 0 Å². The van der Waals surface area contributed by atoms with Gasteiger partial charge < -0.3 is 14.8 Å². The van der Waals surface area contributed by atoms with Gasteiger partial charge in [0.2, 0.25) is 5.91 Å². The summed E-state index contributed by atoms with van der Waals surface area (Å²) in [5.41, 5.74) is 2.56. The molecule has 0 bridgehead atoms. The molecule has 0 heterocycles. The number of ether oxygens (including phenoxy) is 2. The Hall–Kier alpha value is -2.82. The van der Waals surface area contributed by atoms with Crippen LogP contribution in [0.5, 0.6) is 5.75 Å². The highest BCUT2D eigenvalue weighted by Crippen LogP contribution is 2.41. The van der Waals surface area contributed by atoms with Gasteiger partial charge in [0.1, 0.15) is 11.3 Å². The monoisotopic (exact) mass is 409 g/mol. The third-order valence-electron chi connectivity index (χ3n) is 5.75. The van der Waals surface area contributed by atoms with Crippen LogP contribution in [-0.2, 0) is 14.9 Å². The molecule has 0 aromatic heterocycles. The van der Waals surface area contributed by atoms with Crippen molar-refractivity contribution in [2.45, 2.75) is 58.3 Å². The number of benzene rings is 2. The van der Waals surface area contributed by atoms with Crippen LogP contribution in [0.4, 0.5) is 5.69 Å².